The zero-order valence-electron chi connectivity index (χ0n) is 16.5. The number of ether oxygens (including phenoxy) is 3. The lowest BCUT2D eigenvalue weighted by atomic mass is 9.55. The highest BCUT2D eigenvalue weighted by Crippen LogP contribution is 2.56. The fourth-order valence-electron chi connectivity index (χ4n) is 5.91. The highest BCUT2D eigenvalue weighted by molar-refractivity contribution is 5.75. The van der Waals surface area contributed by atoms with Crippen molar-refractivity contribution in [1.82, 2.24) is 5.32 Å². The standard InChI is InChI=1S/C23H29NO4/c1-14-4-3-7-23(2)10-21-16(9-18(14)23)17(22(25)28-21)12-24-11-15-5-6-19-20(8-15)27-13-26-19/h5-6,8,16-18,21,24H,1,3-4,7,9-13H2,2H3/t16-,17?,18+,21-,23-/m1/s1. The molecule has 5 atom stereocenters. The molecule has 0 radical (unpaired) electrons. The van der Waals surface area contributed by atoms with Crippen LogP contribution in [0.15, 0.2) is 30.4 Å². The van der Waals surface area contributed by atoms with E-state index < -0.39 is 0 Å². The van der Waals surface area contributed by atoms with Crippen molar-refractivity contribution in [3.63, 3.8) is 0 Å². The van der Waals surface area contributed by atoms with Gasteiger partial charge in [0.1, 0.15) is 6.10 Å². The summed E-state index contributed by atoms with van der Waals surface area (Å²) < 4.78 is 16.7. The van der Waals surface area contributed by atoms with Crippen molar-refractivity contribution in [3.05, 3.63) is 35.9 Å². The van der Waals surface area contributed by atoms with E-state index in [2.05, 4.69) is 18.8 Å². The number of carbonyl (C=O) groups excluding carboxylic acids is 1. The summed E-state index contributed by atoms with van der Waals surface area (Å²) in [7, 11) is 0. The number of hydrogen-bond donors (Lipinski definition) is 1. The van der Waals surface area contributed by atoms with Gasteiger partial charge < -0.3 is 19.5 Å². The Morgan fingerprint density at radius 1 is 1.29 bits per heavy atom. The predicted molar refractivity (Wildman–Crippen MR) is 105 cm³/mol. The van der Waals surface area contributed by atoms with E-state index >= 15 is 0 Å². The summed E-state index contributed by atoms with van der Waals surface area (Å²) in [6.45, 7) is 8.38. The van der Waals surface area contributed by atoms with E-state index in [1.807, 2.05) is 18.2 Å². The predicted octanol–water partition coefficient (Wildman–Crippen LogP) is 3.82. The molecule has 2 aliphatic carbocycles. The van der Waals surface area contributed by atoms with Gasteiger partial charge in [-0.3, -0.25) is 4.79 Å². The molecule has 0 bridgehead atoms. The SMILES string of the molecule is C=C1CCC[C@]2(C)C[C@H]3OC(=O)C(CNCc4ccc5c(c4)OCO5)[C@H]3C[C@@H]12. The zero-order chi connectivity index (χ0) is 19.3. The van der Waals surface area contributed by atoms with E-state index in [1.165, 1.54) is 18.4 Å². The molecular formula is C23H29NO4. The smallest absolute Gasteiger partial charge is 0.310 e. The number of hydrogen-bond acceptors (Lipinski definition) is 5. The minimum Gasteiger partial charge on any atom is -0.462 e. The van der Waals surface area contributed by atoms with Crippen molar-refractivity contribution < 1.29 is 19.0 Å². The van der Waals surface area contributed by atoms with Crippen LogP contribution in [0.2, 0.25) is 0 Å². The monoisotopic (exact) mass is 383 g/mol. The molecule has 3 fully saturated rings. The lowest BCUT2D eigenvalue weighted by Crippen LogP contribution is -2.45. The Morgan fingerprint density at radius 3 is 3.04 bits per heavy atom. The lowest BCUT2D eigenvalue weighted by Gasteiger charge is -2.50. The second-order valence-corrected chi connectivity index (χ2v) is 9.22. The number of fused-ring (bicyclic) bond motifs is 3. The van der Waals surface area contributed by atoms with E-state index in [1.54, 1.807) is 0 Å². The van der Waals surface area contributed by atoms with Crippen molar-refractivity contribution in [2.24, 2.45) is 23.2 Å². The summed E-state index contributed by atoms with van der Waals surface area (Å²) in [6, 6.07) is 5.98. The quantitative estimate of drug-likeness (QED) is 0.633. The third-order valence-corrected chi connectivity index (χ3v) is 7.45. The van der Waals surface area contributed by atoms with Crippen LogP contribution in [-0.2, 0) is 16.1 Å². The molecule has 4 aliphatic rings. The molecule has 0 aromatic heterocycles. The van der Waals surface area contributed by atoms with E-state index in [9.17, 15) is 4.79 Å². The highest BCUT2D eigenvalue weighted by Gasteiger charge is 2.54. The van der Waals surface area contributed by atoms with Crippen LogP contribution in [0, 0.1) is 23.2 Å². The van der Waals surface area contributed by atoms with Crippen LogP contribution >= 0.6 is 0 Å². The highest BCUT2D eigenvalue weighted by atomic mass is 16.7. The first-order valence-corrected chi connectivity index (χ1v) is 10.5. The molecule has 5 rings (SSSR count). The van der Waals surface area contributed by atoms with Crippen LogP contribution in [0.4, 0.5) is 0 Å². The van der Waals surface area contributed by atoms with Crippen LogP contribution in [0.25, 0.3) is 0 Å². The van der Waals surface area contributed by atoms with Gasteiger partial charge in [0.25, 0.3) is 0 Å². The lowest BCUT2D eigenvalue weighted by molar-refractivity contribution is -0.146. The minimum absolute atomic E-state index is 0.0268. The van der Waals surface area contributed by atoms with Crippen molar-refractivity contribution in [2.45, 2.75) is 51.7 Å². The molecule has 0 spiro atoms. The maximum absolute atomic E-state index is 12.6. The van der Waals surface area contributed by atoms with Crippen LogP contribution < -0.4 is 14.8 Å². The van der Waals surface area contributed by atoms with E-state index in [0.717, 1.165) is 36.3 Å². The Labute approximate surface area is 166 Å². The number of benzene rings is 1. The second-order valence-electron chi connectivity index (χ2n) is 9.22. The van der Waals surface area contributed by atoms with Crippen molar-refractivity contribution in [1.29, 1.82) is 0 Å². The average molecular weight is 383 g/mol. The number of rotatable bonds is 4. The molecule has 150 valence electrons. The van der Waals surface area contributed by atoms with Gasteiger partial charge in [0.15, 0.2) is 11.5 Å². The maximum atomic E-state index is 12.6. The third-order valence-electron chi connectivity index (χ3n) is 7.45. The number of nitrogens with one attached hydrogen (secondary N) is 1. The van der Waals surface area contributed by atoms with Gasteiger partial charge in [0.2, 0.25) is 6.79 Å². The summed E-state index contributed by atoms with van der Waals surface area (Å²) in [5, 5.41) is 3.47. The third kappa shape index (κ3) is 3.00. The Balaban J connectivity index is 1.23. The van der Waals surface area contributed by atoms with Crippen molar-refractivity contribution in [2.75, 3.05) is 13.3 Å². The molecule has 1 saturated heterocycles. The van der Waals surface area contributed by atoms with Gasteiger partial charge in [0.05, 0.1) is 5.92 Å². The molecule has 0 amide bonds. The van der Waals surface area contributed by atoms with E-state index in [-0.39, 0.29) is 30.2 Å². The Bertz CT molecular complexity index is 806. The molecule has 2 aliphatic heterocycles. The normalized spacial score (nSPS) is 36.0. The fraction of sp³-hybridized carbons (Fsp3) is 0.609. The molecule has 2 saturated carbocycles. The molecule has 5 heteroatoms. The van der Waals surface area contributed by atoms with E-state index in [4.69, 9.17) is 14.2 Å². The summed E-state index contributed by atoms with van der Waals surface area (Å²) in [6.07, 6.45) is 5.70. The minimum atomic E-state index is -0.0571. The second kappa shape index (κ2) is 6.80. The van der Waals surface area contributed by atoms with Gasteiger partial charge in [-0.2, -0.15) is 0 Å². The Hall–Kier alpha value is -2.01. The largest absolute Gasteiger partial charge is 0.462 e. The van der Waals surface area contributed by atoms with E-state index in [0.29, 0.717) is 24.9 Å². The molecule has 28 heavy (non-hydrogen) atoms. The van der Waals surface area contributed by atoms with Gasteiger partial charge in [0, 0.05) is 19.0 Å². The van der Waals surface area contributed by atoms with Gasteiger partial charge >= 0.3 is 5.97 Å². The Kier molecular flexibility index (Phi) is 4.38. The first-order chi connectivity index (χ1) is 13.5. The first-order valence-electron chi connectivity index (χ1n) is 10.5. The number of allylic oxidation sites excluding steroid dienone is 1. The molecule has 5 nitrogen and oxygen atoms in total. The molecule has 1 unspecified atom stereocenters. The molecule has 1 N–H and O–H groups in total. The molecule has 2 heterocycles. The zero-order valence-corrected chi connectivity index (χ0v) is 16.5. The van der Waals surface area contributed by atoms with Gasteiger partial charge in [-0.15, -0.1) is 0 Å². The van der Waals surface area contributed by atoms with Crippen LogP contribution in [0.5, 0.6) is 11.5 Å². The van der Waals surface area contributed by atoms with Crippen LogP contribution in [0.1, 0.15) is 44.6 Å². The number of esters is 1. The average Bonchev–Trinajstić information content (AvgIpc) is 3.24. The first kappa shape index (κ1) is 18.0. The van der Waals surface area contributed by atoms with Crippen molar-refractivity contribution in [3.8, 4) is 11.5 Å². The topological polar surface area (TPSA) is 56.8 Å². The Morgan fingerprint density at radius 2 is 2.14 bits per heavy atom. The maximum Gasteiger partial charge on any atom is 0.310 e. The van der Waals surface area contributed by atoms with Gasteiger partial charge in [-0.1, -0.05) is 25.1 Å². The molecule has 1 aromatic rings. The summed E-state index contributed by atoms with van der Waals surface area (Å²) in [5.74, 6) is 2.35. The van der Waals surface area contributed by atoms with Crippen molar-refractivity contribution >= 4 is 5.97 Å². The van der Waals surface area contributed by atoms with Gasteiger partial charge in [-0.25, -0.2) is 0 Å². The molecule has 1 aromatic carbocycles. The van der Waals surface area contributed by atoms with Crippen LogP contribution in [0.3, 0.4) is 0 Å². The molecular weight excluding hydrogens is 354 g/mol. The summed E-state index contributed by atoms with van der Waals surface area (Å²) >= 11 is 0. The van der Waals surface area contributed by atoms with Gasteiger partial charge in [-0.05, 0) is 61.1 Å². The fourth-order valence-corrected chi connectivity index (χ4v) is 5.91. The summed E-state index contributed by atoms with van der Waals surface area (Å²) in [4.78, 5) is 12.6. The summed E-state index contributed by atoms with van der Waals surface area (Å²) in [5.41, 5.74) is 2.77. The van der Waals surface area contributed by atoms with Crippen LogP contribution in [-0.4, -0.2) is 25.4 Å². The number of carbonyl (C=O) groups is 1.